The number of hydrogen-bond acceptors (Lipinski definition) is 2. The summed E-state index contributed by atoms with van der Waals surface area (Å²) in [4.78, 5) is 14.1. The molecular weight excluding hydrogens is 318 g/mol. The SMILES string of the molecule is Cc1ccc(C2SCCN2C(=O)Nc2cc(F)ccc2F)cc1. The third-order valence-electron chi connectivity index (χ3n) is 3.68. The fourth-order valence-electron chi connectivity index (χ4n) is 2.47. The highest BCUT2D eigenvalue weighted by atomic mass is 32.2. The third kappa shape index (κ3) is 3.47. The third-order valence-corrected chi connectivity index (χ3v) is 4.95. The molecule has 1 heterocycles. The van der Waals surface area contributed by atoms with Gasteiger partial charge in [0, 0.05) is 18.4 Å². The molecule has 1 N–H and O–H groups in total. The van der Waals surface area contributed by atoms with Crippen LogP contribution in [-0.4, -0.2) is 23.2 Å². The zero-order valence-corrected chi connectivity index (χ0v) is 13.4. The normalized spacial score (nSPS) is 17.3. The smallest absolute Gasteiger partial charge is 0.308 e. The number of thioether (sulfide) groups is 1. The monoisotopic (exact) mass is 334 g/mol. The van der Waals surface area contributed by atoms with Gasteiger partial charge >= 0.3 is 6.03 Å². The first-order chi connectivity index (χ1) is 11.0. The van der Waals surface area contributed by atoms with E-state index in [1.165, 1.54) is 0 Å². The first-order valence-electron chi connectivity index (χ1n) is 7.25. The zero-order valence-electron chi connectivity index (χ0n) is 12.6. The molecule has 2 aromatic carbocycles. The van der Waals surface area contributed by atoms with E-state index in [1.807, 2.05) is 31.2 Å². The van der Waals surface area contributed by atoms with Crippen LogP contribution < -0.4 is 5.32 Å². The highest BCUT2D eigenvalue weighted by Gasteiger charge is 2.31. The van der Waals surface area contributed by atoms with Crippen LogP contribution >= 0.6 is 11.8 Å². The summed E-state index contributed by atoms with van der Waals surface area (Å²) in [7, 11) is 0. The van der Waals surface area contributed by atoms with Gasteiger partial charge in [0.2, 0.25) is 0 Å². The molecule has 1 fully saturated rings. The first-order valence-corrected chi connectivity index (χ1v) is 8.30. The van der Waals surface area contributed by atoms with Crippen LogP contribution in [0.1, 0.15) is 16.5 Å². The van der Waals surface area contributed by atoms with Gasteiger partial charge in [-0.1, -0.05) is 29.8 Å². The number of nitrogens with zero attached hydrogens (tertiary/aromatic N) is 1. The van der Waals surface area contributed by atoms with Gasteiger partial charge in [0.05, 0.1) is 5.69 Å². The van der Waals surface area contributed by atoms with Crippen LogP contribution in [-0.2, 0) is 0 Å². The molecule has 0 aliphatic carbocycles. The van der Waals surface area contributed by atoms with Crippen LogP contribution in [0.15, 0.2) is 42.5 Å². The second-order valence-corrected chi connectivity index (χ2v) is 6.57. The summed E-state index contributed by atoms with van der Waals surface area (Å²) in [5, 5.41) is 2.34. The van der Waals surface area contributed by atoms with E-state index >= 15 is 0 Å². The van der Waals surface area contributed by atoms with Crippen molar-refractivity contribution in [1.29, 1.82) is 0 Å². The Bertz CT molecular complexity index is 721. The van der Waals surface area contributed by atoms with Crippen molar-refractivity contribution in [3.8, 4) is 0 Å². The number of rotatable bonds is 2. The van der Waals surface area contributed by atoms with Crippen molar-refractivity contribution < 1.29 is 13.6 Å². The minimum atomic E-state index is -0.654. The minimum Gasteiger partial charge on any atom is -0.308 e. The van der Waals surface area contributed by atoms with Gasteiger partial charge in [0.1, 0.15) is 17.0 Å². The second kappa shape index (κ2) is 6.58. The van der Waals surface area contributed by atoms with Crippen molar-refractivity contribution in [3.05, 3.63) is 65.2 Å². The number of amides is 2. The summed E-state index contributed by atoms with van der Waals surface area (Å²) in [6, 6.07) is 10.5. The van der Waals surface area contributed by atoms with Crippen LogP contribution in [0.2, 0.25) is 0 Å². The number of carbonyl (C=O) groups excluding carboxylic acids is 1. The molecule has 2 amide bonds. The zero-order chi connectivity index (χ0) is 16.4. The van der Waals surface area contributed by atoms with Crippen molar-refractivity contribution >= 4 is 23.5 Å². The van der Waals surface area contributed by atoms with E-state index in [0.717, 1.165) is 35.1 Å². The lowest BCUT2D eigenvalue weighted by Gasteiger charge is -2.24. The minimum absolute atomic E-state index is 0.118. The molecule has 0 saturated carbocycles. The lowest BCUT2D eigenvalue weighted by Crippen LogP contribution is -2.34. The van der Waals surface area contributed by atoms with Gasteiger partial charge in [-0.3, -0.25) is 0 Å². The van der Waals surface area contributed by atoms with Gasteiger partial charge < -0.3 is 10.2 Å². The maximum atomic E-state index is 13.7. The molecule has 0 aromatic heterocycles. The molecule has 6 heteroatoms. The number of halogens is 2. The van der Waals surface area contributed by atoms with Gasteiger partial charge in [-0.15, -0.1) is 11.8 Å². The van der Waals surface area contributed by atoms with Crippen LogP contribution in [0.4, 0.5) is 19.3 Å². The summed E-state index contributed by atoms with van der Waals surface area (Å²) in [5.74, 6) is -0.441. The number of carbonyl (C=O) groups is 1. The highest BCUT2D eigenvalue weighted by Crippen LogP contribution is 2.38. The van der Waals surface area contributed by atoms with Crippen molar-refractivity contribution in [2.45, 2.75) is 12.3 Å². The largest absolute Gasteiger partial charge is 0.323 e. The van der Waals surface area contributed by atoms with Crippen LogP contribution in [0.25, 0.3) is 0 Å². The summed E-state index contributed by atoms with van der Waals surface area (Å²) in [6.45, 7) is 2.56. The Labute approximate surface area is 137 Å². The second-order valence-electron chi connectivity index (χ2n) is 5.38. The summed E-state index contributed by atoms with van der Waals surface area (Å²) in [6.07, 6.45) is 0. The Kier molecular flexibility index (Phi) is 4.52. The molecule has 0 radical (unpaired) electrons. The van der Waals surface area contributed by atoms with Gasteiger partial charge in [0.15, 0.2) is 0 Å². The summed E-state index contributed by atoms with van der Waals surface area (Å²) < 4.78 is 26.9. The molecule has 1 unspecified atom stereocenters. The number of hydrogen-bond donors (Lipinski definition) is 1. The van der Waals surface area contributed by atoms with E-state index in [9.17, 15) is 13.6 Å². The van der Waals surface area contributed by atoms with E-state index in [4.69, 9.17) is 0 Å². The summed E-state index contributed by atoms with van der Waals surface area (Å²) >= 11 is 1.65. The van der Waals surface area contributed by atoms with Crippen LogP contribution in [0.3, 0.4) is 0 Å². The molecule has 0 spiro atoms. The number of urea groups is 1. The Balaban J connectivity index is 1.78. The average Bonchev–Trinajstić information content (AvgIpc) is 3.01. The number of anilines is 1. The molecule has 120 valence electrons. The van der Waals surface area contributed by atoms with Gasteiger partial charge in [-0.2, -0.15) is 0 Å². The van der Waals surface area contributed by atoms with E-state index in [-0.39, 0.29) is 11.1 Å². The van der Waals surface area contributed by atoms with Gasteiger partial charge in [-0.05, 0) is 24.6 Å². The molecular formula is C17H16F2N2OS. The molecule has 1 aliphatic rings. The lowest BCUT2D eigenvalue weighted by atomic mass is 10.1. The first kappa shape index (κ1) is 15.8. The molecule has 1 saturated heterocycles. The predicted molar refractivity (Wildman–Crippen MR) is 88.5 cm³/mol. The Morgan fingerprint density at radius 2 is 1.96 bits per heavy atom. The van der Waals surface area contributed by atoms with Crippen molar-refractivity contribution in [3.63, 3.8) is 0 Å². The van der Waals surface area contributed by atoms with Crippen molar-refractivity contribution in [1.82, 2.24) is 4.90 Å². The molecule has 1 aliphatic heterocycles. The van der Waals surface area contributed by atoms with Gasteiger partial charge in [0.25, 0.3) is 0 Å². The number of nitrogens with one attached hydrogen (secondary N) is 1. The van der Waals surface area contributed by atoms with E-state index in [2.05, 4.69) is 5.32 Å². The van der Waals surface area contributed by atoms with Gasteiger partial charge in [-0.25, -0.2) is 13.6 Å². The molecule has 2 aromatic rings. The molecule has 23 heavy (non-hydrogen) atoms. The maximum Gasteiger partial charge on any atom is 0.323 e. The highest BCUT2D eigenvalue weighted by molar-refractivity contribution is 7.99. The quantitative estimate of drug-likeness (QED) is 0.874. The molecule has 1 atom stereocenters. The standard InChI is InChI=1S/C17H16F2N2OS/c1-11-2-4-12(5-3-11)16-21(8-9-23-16)17(22)20-15-10-13(18)6-7-14(15)19/h2-7,10,16H,8-9H2,1H3,(H,20,22). The number of aryl methyl sites for hydroxylation is 1. The molecule has 3 rings (SSSR count). The van der Waals surface area contributed by atoms with E-state index in [1.54, 1.807) is 16.7 Å². The Morgan fingerprint density at radius 3 is 2.70 bits per heavy atom. The number of benzene rings is 2. The van der Waals surface area contributed by atoms with E-state index < -0.39 is 17.7 Å². The maximum absolute atomic E-state index is 13.7. The van der Waals surface area contributed by atoms with Crippen LogP contribution in [0, 0.1) is 18.6 Å². The summed E-state index contributed by atoms with van der Waals surface area (Å²) in [5.41, 5.74) is 2.03. The molecule has 0 bridgehead atoms. The Hall–Kier alpha value is -2.08. The topological polar surface area (TPSA) is 32.3 Å². The average molecular weight is 334 g/mol. The lowest BCUT2D eigenvalue weighted by molar-refractivity contribution is 0.214. The Morgan fingerprint density at radius 1 is 1.22 bits per heavy atom. The fraction of sp³-hybridized carbons (Fsp3) is 0.235. The predicted octanol–water partition coefficient (Wildman–Crippen LogP) is 4.55. The van der Waals surface area contributed by atoms with E-state index in [0.29, 0.717) is 6.54 Å². The van der Waals surface area contributed by atoms with Crippen LogP contribution in [0.5, 0.6) is 0 Å². The fourth-order valence-corrected chi connectivity index (χ4v) is 3.72. The van der Waals surface area contributed by atoms with Crippen molar-refractivity contribution in [2.24, 2.45) is 0 Å². The molecule has 3 nitrogen and oxygen atoms in total. The van der Waals surface area contributed by atoms with Crippen molar-refractivity contribution in [2.75, 3.05) is 17.6 Å².